The molecule has 1 aromatic heterocycles. The van der Waals surface area contributed by atoms with Crippen LogP contribution in [0, 0.1) is 0 Å². The highest BCUT2D eigenvalue weighted by atomic mass is 35.5. The summed E-state index contributed by atoms with van der Waals surface area (Å²) < 4.78 is 1.65. The Morgan fingerprint density at radius 3 is 2.57 bits per heavy atom. The number of anilines is 1. The molecule has 2 aromatic carbocycles. The van der Waals surface area contributed by atoms with Gasteiger partial charge in [-0.25, -0.2) is 0 Å². The van der Waals surface area contributed by atoms with Crippen molar-refractivity contribution < 1.29 is 14.4 Å². The van der Waals surface area contributed by atoms with Crippen molar-refractivity contribution in [3.63, 3.8) is 0 Å². The first-order valence-corrected chi connectivity index (χ1v) is 10.5. The van der Waals surface area contributed by atoms with Crippen LogP contribution in [0.5, 0.6) is 0 Å². The molecular weight excluding hydrogens is 424 g/mol. The summed E-state index contributed by atoms with van der Waals surface area (Å²) in [6.07, 6.45) is 3.16. The maximum Gasteiger partial charge on any atom is 0.289 e. The highest BCUT2D eigenvalue weighted by molar-refractivity contribution is 8.14. The molecule has 1 saturated heterocycles. The van der Waals surface area contributed by atoms with E-state index < -0.39 is 0 Å². The molecule has 152 valence electrons. The zero-order valence-electron chi connectivity index (χ0n) is 15.7. The van der Waals surface area contributed by atoms with Gasteiger partial charge in [-0.2, -0.15) is 5.10 Å². The van der Waals surface area contributed by atoms with Gasteiger partial charge in [-0.1, -0.05) is 53.7 Å². The summed E-state index contributed by atoms with van der Waals surface area (Å²) in [4.78, 5) is 37.1. The molecule has 0 spiro atoms. The normalized spacial score (nSPS) is 13.7. The van der Waals surface area contributed by atoms with E-state index in [1.165, 1.54) is 11.1 Å². The van der Waals surface area contributed by atoms with E-state index in [-0.39, 0.29) is 29.4 Å². The number of thioether (sulfide) groups is 1. The SMILES string of the molecule is O=C(Nc1ccc(CN2C(=O)CSC2=O)cc1)c1cnn(Cc2ccccc2Cl)c1. The van der Waals surface area contributed by atoms with Gasteiger partial charge in [0, 0.05) is 16.9 Å². The number of hydrogen-bond acceptors (Lipinski definition) is 5. The highest BCUT2D eigenvalue weighted by Crippen LogP contribution is 2.22. The van der Waals surface area contributed by atoms with Crippen LogP contribution in [0.25, 0.3) is 0 Å². The molecule has 2 heterocycles. The van der Waals surface area contributed by atoms with Crippen molar-refractivity contribution in [3.8, 4) is 0 Å². The van der Waals surface area contributed by atoms with Crippen LogP contribution in [0.1, 0.15) is 21.5 Å². The minimum Gasteiger partial charge on any atom is -0.322 e. The van der Waals surface area contributed by atoms with E-state index in [0.29, 0.717) is 22.8 Å². The fourth-order valence-electron chi connectivity index (χ4n) is 2.98. The van der Waals surface area contributed by atoms with E-state index in [1.54, 1.807) is 35.1 Å². The van der Waals surface area contributed by atoms with Gasteiger partial charge < -0.3 is 5.32 Å². The zero-order chi connectivity index (χ0) is 21.1. The molecule has 4 rings (SSSR count). The highest BCUT2D eigenvalue weighted by Gasteiger charge is 2.29. The summed E-state index contributed by atoms with van der Waals surface area (Å²) >= 11 is 7.18. The smallest absolute Gasteiger partial charge is 0.289 e. The third kappa shape index (κ3) is 4.55. The van der Waals surface area contributed by atoms with Gasteiger partial charge in [-0.3, -0.25) is 24.0 Å². The lowest BCUT2D eigenvalue weighted by molar-refractivity contribution is -0.125. The van der Waals surface area contributed by atoms with E-state index >= 15 is 0 Å². The fourth-order valence-corrected chi connectivity index (χ4v) is 3.90. The molecule has 0 atom stereocenters. The van der Waals surface area contributed by atoms with Crippen LogP contribution in [0.2, 0.25) is 5.02 Å². The second-order valence-electron chi connectivity index (χ2n) is 6.70. The fraction of sp³-hybridized carbons (Fsp3) is 0.143. The van der Waals surface area contributed by atoms with Crippen molar-refractivity contribution in [1.82, 2.24) is 14.7 Å². The van der Waals surface area contributed by atoms with Gasteiger partial charge in [0.05, 0.1) is 30.6 Å². The van der Waals surface area contributed by atoms with Gasteiger partial charge in [-0.05, 0) is 29.3 Å². The van der Waals surface area contributed by atoms with Gasteiger partial charge in [0.25, 0.3) is 11.1 Å². The van der Waals surface area contributed by atoms with Gasteiger partial charge >= 0.3 is 0 Å². The Hall–Kier alpha value is -3.10. The monoisotopic (exact) mass is 440 g/mol. The number of aromatic nitrogens is 2. The summed E-state index contributed by atoms with van der Waals surface area (Å²) in [5, 5.41) is 7.46. The molecule has 1 aliphatic heterocycles. The van der Waals surface area contributed by atoms with Crippen LogP contribution in [0.15, 0.2) is 60.9 Å². The Morgan fingerprint density at radius 1 is 1.10 bits per heavy atom. The summed E-state index contributed by atoms with van der Waals surface area (Å²) in [6, 6.07) is 14.5. The number of hydrogen-bond donors (Lipinski definition) is 1. The summed E-state index contributed by atoms with van der Waals surface area (Å²) in [7, 11) is 0. The Bertz CT molecular complexity index is 1100. The first kappa shape index (κ1) is 20.2. The molecule has 0 bridgehead atoms. The van der Waals surface area contributed by atoms with Crippen LogP contribution in [-0.4, -0.2) is 37.5 Å². The quantitative estimate of drug-likeness (QED) is 0.625. The van der Waals surface area contributed by atoms with E-state index in [9.17, 15) is 14.4 Å². The van der Waals surface area contributed by atoms with E-state index in [4.69, 9.17) is 11.6 Å². The number of halogens is 1. The predicted octanol–water partition coefficient (Wildman–Crippen LogP) is 4.03. The standard InChI is InChI=1S/C21H17ClN4O3S/c22-18-4-2-1-3-15(18)11-25-12-16(9-23-25)20(28)24-17-7-5-14(6-8-17)10-26-19(27)13-30-21(26)29/h1-9,12H,10-11,13H2,(H,24,28). The number of nitrogens with zero attached hydrogens (tertiary/aromatic N) is 3. The van der Waals surface area contributed by atoms with Gasteiger partial charge in [0.2, 0.25) is 5.91 Å². The summed E-state index contributed by atoms with van der Waals surface area (Å²) in [5.41, 5.74) is 2.76. The Kier molecular flexibility index (Phi) is 5.87. The number of rotatable bonds is 6. The first-order valence-electron chi connectivity index (χ1n) is 9.13. The van der Waals surface area contributed by atoms with Gasteiger partial charge in [0.15, 0.2) is 0 Å². The lowest BCUT2D eigenvalue weighted by atomic mass is 10.2. The summed E-state index contributed by atoms with van der Waals surface area (Å²) in [6.45, 7) is 0.696. The summed E-state index contributed by atoms with van der Waals surface area (Å²) in [5.74, 6) is -0.275. The minimum atomic E-state index is -0.283. The van der Waals surface area contributed by atoms with Gasteiger partial charge in [-0.15, -0.1) is 0 Å². The van der Waals surface area contributed by atoms with Crippen molar-refractivity contribution in [2.45, 2.75) is 13.1 Å². The molecule has 0 radical (unpaired) electrons. The molecule has 3 amide bonds. The molecule has 3 aromatic rings. The van der Waals surface area contributed by atoms with Crippen molar-refractivity contribution in [2.24, 2.45) is 0 Å². The molecule has 0 aliphatic carbocycles. The van der Waals surface area contributed by atoms with Crippen LogP contribution in [0.3, 0.4) is 0 Å². The molecule has 0 saturated carbocycles. The second kappa shape index (κ2) is 8.73. The molecule has 1 N–H and O–H groups in total. The van der Waals surface area contributed by atoms with Crippen molar-refractivity contribution in [1.29, 1.82) is 0 Å². The number of carbonyl (C=O) groups is 3. The topological polar surface area (TPSA) is 84.3 Å². The van der Waals surface area contributed by atoms with E-state index in [2.05, 4.69) is 10.4 Å². The number of carbonyl (C=O) groups excluding carboxylic acids is 3. The van der Waals surface area contributed by atoms with Crippen molar-refractivity contribution in [2.75, 3.05) is 11.1 Å². The Morgan fingerprint density at radius 2 is 1.87 bits per heavy atom. The molecule has 0 unspecified atom stereocenters. The zero-order valence-corrected chi connectivity index (χ0v) is 17.3. The van der Waals surface area contributed by atoms with Gasteiger partial charge in [0.1, 0.15) is 0 Å². The molecule has 1 aliphatic rings. The van der Waals surface area contributed by atoms with Crippen LogP contribution < -0.4 is 5.32 Å². The lowest BCUT2D eigenvalue weighted by Gasteiger charge is -2.13. The third-order valence-corrected chi connectivity index (χ3v) is 5.81. The largest absolute Gasteiger partial charge is 0.322 e. The van der Waals surface area contributed by atoms with Crippen LogP contribution in [-0.2, 0) is 17.9 Å². The maximum atomic E-state index is 12.5. The average Bonchev–Trinajstić information content (AvgIpc) is 3.33. The number of nitrogens with one attached hydrogen (secondary N) is 1. The van der Waals surface area contributed by atoms with Crippen molar-refractivity contribution in [3.05, 3.63) is 82.6 Å². The third-order valence-electron chi connectivity index (χ3n) is 4.58. The first-order chi connectivity index (χ1) is 14.5. The van der Waals surface area contributed by atoms with E-state index in [0.717, 1.165) is 22.9 Å². The van der Waals surface area contributed by atoms with E-state index in [1.807, 2.05) is 24.3 Å². The average molecular weight is 441 g/mol. The second-order valence-corrected chi connectivity index (χ2v) is 8.04. The molecular formula is C21H17ClN4O3S. The molecule has 30 heavy (non-hydrogen) atoms. The van der Waals surface area contributed by atoms with Crippen LogP contribution >= 0.6 is 23.4 Å². The predicted molar refractivity (Wildman–Crippen MR) is 116 cm³/mol. The maximum absolute atomic E-state index is 12.5. The van der Waals surface area contributed by atoms with Crippen LogP contribution in [0.4, 0.5) is 10.5 Å². The minimum absolute atomic E-state index is 0.184. The molecule has 9 heteroatoms. The number of imide groups is 1. The molecule has 7 nitrogen and oxygen atoms in total. The Labute approximate surface area is 182 Å². The number of benzene rings is 2. The lowest BCUT2D eigenvalue weighted by Crippen LogP contribution is -2.27. The Balaban J connectivity index is 1.37. The molecule has 1 fully saturated rings. The number of amides is 3. The van der Waals surface area contributed by atoms with Crippen molar-refractivity contribution >= 4 is 46.1 Å².